The third kappa shape index (κ3) is 2.15. The molecular weight excluding hydrogens is 263 g/mol. The van der Waals surface area contributed by atoms with Crippen LogP contribution in [-0.2, 0) is 19.9 Å². The second-order valence-corrected chi connectivity index (χ2v) is 4.59. The van der Waals surface area contributed by atoms with Gasteiger partial charge in [-0.15, -0.1) is 0 Å². The van der Waals surface area contributed by atoms with Gasteiger partial charge in [0, 0.05) is 6.42 Å². The number of hydrogen-bond donors (Lipinski definition) is 0. The lowest BCUT2D eigenvalue weighted by Crippen LogP contribution is -2.48. The highest BCUT2D eigenvalue weighted by molar-refractivity contribution is 6.42. The maximum absolute atomic E-state index is 11.9. The molecule has 1 aromatic rings. The highest BCUT2D eigenvalue weighted by atomic mass is 35.5. The monoisotopic (exact) mass is 274 g/mol. The van der Waals surface area contributed by atoms with E-state index in [9.17, 15) is 4.79 Å². The normalized spacial score (nSPS) is 23.0. The van der Waals surface area contributed by atoms with Crippen molar-refractivity contribution in [1.29, 1.82) is 0 Å². The van der Waals surface area contributed by atoms with Gasteiger partial charge in [0.25, 0.3) is 0 Å². The van der Waals surface area contributed by atoms with Crippen LogP contribution in [0.15, 0.2) is 18.2 Å². The van der Waals surface area contributed by atoms with Gasteiger partial charge in [-0.25, -0.2) is 4.79 Å². The summed E-state index contributed by atoms with van der Waals surface area (Å²) >= 11 is 11.8. The van der Waals surface area contributed by atoms with Crippen molar-refractivity contribution in [3.05, 3.63) is 33.8 Å². The van der Waals surface area contributed by atoms with E-state index in [4.69, 9.17) is 32.7 Å². The lowest BCUT2D eigenvalue weighted by Gasteiger charge is -2.39. The van der Waals surface area contributed by atoms with Crippen molar-refractivity contribution in [3.8, 4) is 0 Å². The number of rotatable bonds is 3. The van der Waals surface area contributed by atoms with Crippen LogP contribution in [0.25, 0.3) is 0 Å². The molecule has 1 fully saturated rings. The molecule has 0 aliphatic carbocycles. The first-order chi connectivity index (χ1) is 8.10. The van der Waals surface area contributed by atoms with Gasteiger partial charge < -0.3 is 9.47 Å². The molecule has 92 valence electrons. The third-order valence-electron chi connectivity index (χ3n) is 2.79. The van der Waals surface area contributed by atoms with Crippen molar-refractivity contribution < 1.29 is 14.3 Å². The van der Waals surface area contributed by atoms with Gasteiger partial charge >= 0.3 is 5.97 Å². The average molecular weight is 275 g/mol. The zero-order valence-electron chi connectivity index (χ0n) is 9.33. The van der Waals surface area contributed by atoms with Crippen molar-refractivity contribution in [1.82, 2.24) is 0 Å². The first kappa shape index (κ1) is 12.7. The predicted molar refractivity (Wildman–Crippen MR) is 65.3 cm³/mol. The van der Waals surface area contributed by atoms with E-state index in [1.807, 2.05) is 0 Å². The van der Waals surface area contributed by atoms with Crippen LogP contribution in [0.1, 0.15) is 18.9 Å². The smallest absolute Gasteiger partial charge is 0.343 e. The van der Waals surface area contributed by atoms with E-state index in [1.165, 1.54) is 0 Å². The second-order valence-electron chi connectivity index (χ2n) is 3.77. The molecule has 0 saturated carbocycles. The number of esters is 1. The topological polar surface area (TPSA) is 35.5 Å². The Labute approximate surface area is 110 Å². The van der Waals surface area contributed by atoms with Gasteiger partial charge in [0.05, 0.1) is 23.3 Å². The molecule has 1 aliphatic heterocycles. The van der Waals surface area contributed by atoms with E-state index < -0.39 is 5.60 Å². The van der Waals surface area contributed by atoms with Crippen LogP contribution >= 0.6 is 23.2 Å². The summed E-state index contributed by atoms with van der Waals surface area (Å²) in [7, 11) is 0. The zero-order chi connectivity index (χ0) is 12.5. The van der Waals surface area contributed by atoms with E-state index in [2.05, 4.69) is 0 Å². The number of halogens is 2. The molecule has 0 radical (unpaired) electrons. The molecule has 0 spiro atoms. The molecule has 0 amide bonds. The number of benzene rings is 1. The highest BCUT2D eigenvalue weighted by Gasteiger charge is 2.49. The molecule has 0 aromatic heterocycles. The van der Waals surface area contributed by atoms with E-state index in [0.29, 0.717) is 35.2 Å². The molecule has 1 aliphatic rings. The minimum absolute atomic E-state index is 0.325. The van der Waals surface area contributed by atoms with Gasteiger partial charge in [0.2, 0.25) is 0 Å². The molecule has 1 heterocycles. The molecule has 1 saturated heterocycles. The molecule has 0 bridgehead atoms. The molecular formula is C12H12Cl2O3. The van der Waals surface area contributed by atoms with Crippen molar-refractivity contribution in [3.63, 3.8) is 0 Å². The van der Waals surface area contributed by atoms with E-state index >= 15 is 0 Å². The SMILES string of the molecule is CCOC(=O)[C@]1(c2ccc(Cl)c(Cl)c2)CCO1. The number of carbonyl (C=O) groups excluding carboxylic acids is 1. The van der Waals surface area contributed by atoms with Crippen LogP contribution in [0.4, 0.5) is 0 Å². The quantitative estimate of drug-likeness (QED) is 0.795. The van der Waals surface area contributed by atoms with E-state index in [-0.39, 0.29) is 5.97 Å². The summed E-state index contributed by atoms with van der Waals surface area (Å²) in [5, 5.41) is 0.858. The van der Waals surface area contributed by atoms with Gasteiger partial charge in [-0.05, 0) is 24.6 Å². The minimum Gasteiger partial charge on any atom is -0.464 e. The summed E-state index contributed by atoms with van der Waals surface area (Å²) < 4.78 is 10.5. The molecule has 0 N–H and O–H groups in total. The summed E-state index contributed by atoms with van der Waals surface area (Å²) in [5.41, 5.74) is -0.304. The maximum Gasteiger partial charge on any atom is 0.343 e. The maximum atomic E-state index is 11.9. The summed E-state index contributed by atoms with van der Waals surface area (Å²) in [4.78, 5) is 11.9. The van der Waals surface area contributed by atoms with Crippen LogP contribution in [0.2, 0.25) is 10.0 Å². The Morgan fingerprint density at radius 1 is 1.47 bits per heavy atom. The molecule has 1 aromatic carbocycles. The van der Waals surface area contributed by atoms with Crippen LogP contribution in [0, 0.1) is 0 Å². The molecule has 5 heteroatoms. The van der Waals surface area contributed by atoms with Crippen LogP contribution in [-0.4, -0.2) is 19.2 Å². The Morgan fingerprint density at radius 3 is 2.65 bits per heavy atom. The largest absolute Gasteiger partial charge is 0.464 e. The average Bonchev–Trinajstić information content (AvgIpc) is 2.22. The fourth-order valence-corrected chi connectivity index (χ4v) is 2.11. The van der Waals surface area contributed by atoms with Crippen molar-refractivity contribution in [2.24, 2.45) is 0 Å². The van der Waals surface area contributed by atoms with E-state index in [0.717, 1.165) is 0 Å². The van der Waals surface area contributed by atoms with Crippen molar-refractivity contribution >= 4 is 29.2 Å². The van der Waals surface area contributed by atoms with Gasteiger partial charge in [-0.1, -0.05) is 29.3 Å². The summed E-state index contributed by atoms with van der Waals surface area (Å²) in [6.07, 6.45) is 0.601. The van der Waals surface area contributed by atoms with E-state index in [1.54, 1.807) is 25.1 Å². The Bertz CT molecular complexity index is 441. The Morgan fingerprint density at radius 2 is 2.18 bits per heavy atom. The van der Waals surface area contributed by atoms with Crippen molar-refractivity contribution in [2.45, 2.75) is 18.9 Å². The molecule has 3 nitrogen and oxygen atoms in total. The summed E-state index contributed by atoms with van der Waals surface area (Å²) in [5.74, 6) is -0.371. The minimum atomic E-state index is -0.996. The Balaban J connectivity index is 2.34. The Kier molecular flexibility index (Phi) is 3.61. The summed E-state index contributed by atoms with van der Waals surface area (Å²) in [6.45, 7) is 2.63. The van der Waals surface area contributed by atoms with Crippen LogP contribution in [0.5, 0.6) is 0 Å². The Hall–Kier alpha value is -0.770. The van der Waals surface area contributed by atoms with Gasteiger partial charge in [0.15, 0.2) is 5.60 Å². The molecule has 17 heavy (non-hydrogen) atoms. The van der Waals surface area contributed by atoms with Gasteiger partial charge in [0.1, 0.15) is 0 Å². The number of carbonyl (C=O) groups is 1. The fourth-order valence-electron chi connectivity index (χ4n) is 1.81. The van der Waals surface area contributed by atoms with Crippen LogP contribution < -0.4 is 0 Å². The van der Waals surface area contributed by atoms with Crippen molar-refractivity contribution in [2.75, 3.05) is 13.2 Å². The van der Waals surface area contributed by atoms with Crippen LogP contribution in [0.3, 0.4) is 0 Å². The highest BCUT2D eigenvalue weighted by Crippen LogP contribution is 2.40. The number of hydrogen-bond acceptors (Lipinski definition) is 3. The fraction of sp³-hybridized carbons (Fsp3) is 0.417. The molecule has 0 unspecified atom stereocenters. The lowest BCUT2D eigenvalue weighted by atomic mass is 9.86. The standard InChI is InChI=1S/C12H12Cl2O3/c1-2-16-11(15)12(5-6-17-12)8-3-4-9(13)10(14)7-8/h3-4,7H,2,5-6H2,1H3/t12-/m1/s1. The third-order valence-corrected chi connectivity index (χ3v) is 3.53. The molecule has 1 atom stereocenters. The zero-order valence-corrected chi connectivity index (χ0v) is 10.8. The lowest BCUT2D eigenvalue weighted by molar-refractivity contribution is -0.203. The number of ether oxygens (including phenoxy) is 2. The first-order valence-electron chi connectivity index (χ1n) is 5.37. The summed E-state index contributed by atoms with van der Waals surface area (Å²) in [6, 6.07) is 5.05. The first-order valence-corrected chi connectivity index (χ1v) is 6.12. The van der Waals surface area contributed by atoms with Gasteiger partial charge in [-0.3, -0.25) is 0 Å². The predicted octanol–water partition coefficient (Wildman–Crippen LogP) is 3.17. The second kappa shape index (κ2) is 4.84. The molecule has 2 rings (SSSR count). The van der Waals surface area contributed by atoms with Gasteiger partial charge in [-0.2, -0.15) is 0 Å².